The molecular weight excluding hydrogens is 304 g/mol. The van der Waals surface area contributed by atoms with Crippen molar-refractivity contribution >= 4 is 22.8 Å². The van der Waals surface area contributed by atoms with Gasteiger partial charge in [-0.3, -0.25) is 9.78 Å². The number of nitrogens with one attached hydrogen (secondary N) is 2. The molecule has 0 saturated carbocycles. The second-order valence-corrected chi connectivity index (χ2v) is 6.05. The van der Waals surface area contributed by atoms with E-state index >= 15 is 0 Å². The number of hydrogen-bond acceptors (Lipinski definition) is 3. The van der Waals surface area contributed by atoms with Crippen molar-refractivity contribution in [2.75, 3.05) is 20.1 Å². The molecule has 1 fully saturated rings. The van der Waals surface area contributed by atoms with Gasteiger partial charge in [0, 0.05) is 38.3 Å². The smallest absolute Gasteiger partial charge is 0.317 e. The topological polar surface area (TPSA) is 74.3 Å². The Bertz CT molecular complexity index is 741. The van der Waals surface area contributed by atoms with Crippen LogP contribution in [0.4, 0.5) is 4.79 Å². The molecule has 0 aliphatic carbocycles. The molecule has 3 rings (SSSR count). The molecule has 126 valence electrons. The number of carbonyl (C=O) groups excluding carboxylic acids is 2. The van der Waals surface area contributed by atoms with Gasteiger partial charge in [0.15, 0.2) is 0 Å². The van der Waals surface area contributed by atoms with Gasteiger partial charge in [0.1, 0.15) is 0 Å². The maximum absolute atomic E-state index is 12.4. The molecule has 0 unspecified atom stereocenters. The summed E-state index contributed by atoms with van der Waals surface area (Å²) >= 11 is 0. The van der Waals surface area contributed by atoms with Crippen LogP contribution in [0.1, 0.15) is 18.4 Å². The lowest BCUT2D eigenvalue weighted by Crippen LogP contribution is -2.48. The monoisotopic (exact) mass is 326 g/mol. The van der Waals surface area contributed by atoms with Crippen molar-refractivity contribution in [3.63, 3.8) is 0 Å². The first kappa shape index (κ1) is 16.2. The Kier molecular flexibility index (Phi) is 4.93. The number of nitrogens with zero attached hydrogens (tertiary/aromatic N) is 2. The summed E-state index contributed by atoms with van der Waals surface area (Å²) in [5.74, 6) is -0.108. The number of aromatic nitrogens is 1. The van der Waals surface area contributed by atoms with E-state index in [4.69, 9.17) is 0 Å². The molecule has 2 aromatic rings. The zero-order valence-electron chi connectivity index (χ0n) is 13.8. The van der Waals surface area contributed by atoms with E-state index in [1.165, 1.54) is 0 Å². The van der Waals surface area contributed by atoms with E-state index in [-0.39, 0.29) is 17.9 Å². The number of para-hydroxylation sites is 1. The Balaban J connectivity index is 1.63. The number of amides is 3. The highest BCUT2D eigenvalue weighted by Crippen LogP contribution is 2.18. The SMILES string of the molecule is CNC(=O)[C@H]1CCCN(C(=O)NCc2ccnc3ccccc23)C1. The van der Waals surface area contributed by atoms with Gasteiger partial charge in [-0.05, 0) is 30.5 Å². The number of carbonyl (C=O) groups is 2. The minimum absolute atomic E-state index is 0.00706. The first-order chi connectivity index (χ1) is 11.7. The summed E-state index contributed by atoms with van der Waals surface area (Å²) in [4.78, 5) is 30.3. The van der Waals surface area contributed by atoms with Crippen LogP contribution in [-0.4, -0.2) is 42.0 Å². The first-order valence-electron chi connectivity index (χ1n) is 8.26. The minimum Gasteiger partial charge on any atom is -0.359 e. The van der Waals surface area contributed by atoms with E-state index in [2.05, 4.69) is 15.6 Å². The molecule has 6 nitrogen and oxygen atoms in total. The molecule has 0 radical (unpaired) electrons. The maximum Gasteiger partial charge on any atom is 0.317 e. The third-order valence-electron chi connectivity index (χ3n) is 4.50. The zero-order chi connectivity index (χ0) is 16.9. The van der Waals surface area contributed by atoms with E-state index in [0.29, 0.717) is 19.6 Å². The van der Waals surface area contributed by atoms with Crippen LogP contribution >= 0.6 is 0 Å². The van der Waals surface area contributed by atoms with E-state index in [0.717, 1.165) is 29.3 Å². The van der Waals surface area contributed by atoms with Gasteiger partial charge < -0.3 is 15.5 Å². The lowest BCUT2D eigenvalue weighted by atomic mass is 9.97. The zero-order valence-corrected chi connectivity index (χ0v) is 13.8. The summed E-state index contributed by atoms with van der Waals surface area (Å²) in [6.45, 7) is 1.61. The van der Waals surface area contributed by atoms with E-state index in [1.807, 2.05) is 30.3 Å². The number of likely N-dealkylation sites (tertiary alicyclic amines) is 1. The number of rotatable bonds is 3. The molecule has 6 heteroatoms. The number of piperidine rings is 1. The van der Waals surface area contributed by atoms with Gasteiger partial charge in [-0.15, -0.1) is 0 Å². The Labute approximate surface area is 141 Å². The first-order valence-corrected chi connectivity index (χ1v) is 8.26. The molecule has 2 N–H and O–H groups in total. The summed E-state index contributed by atoms with van der Waals surface area (Å²) in [7, 11) is 1.63. The predicted octanol–water partition coefficient (Wildman–Crippen LogP) is 1.90. The molecule has 0 bridgehead atoms. The number of fused-ring (bicyclic) bond motifs is 1. The van der Waals surface area contributed by atoms with Crippen LogP contribution in [0.2, 0.25) is 0 Å². The molecule has 1 aromatic carbocycles. The number of benzene rings is 1. The summed E-state index contributed by atoms with van der Waals surface area (Å²) in [5.41, 5.74) is 1.95. The van der Waals surface area contributed by atoms with Crippen molar-refractivity contribution in [2.24, 2.45) is 5.92 Å². The van der Waals surface area contributed by atoms with E-state index in [1.54, 1.807) is 18.1 Å². The number of hydrogen-bond donors (Lipinski definition) is 2. The second-order valence-electron chi connectivity index (χ2n) is 6.05. The van der Waals surface area contributed by atoms with Crippen LogP contribution < -0.4 is 10.6 Å². The van der Waals surface area contributed by atoms with Crippen molar-refractivity contribution < 1.29 is 9.59 Å². The van der Waals surface area contributed by atoms with Crippen molar-refractivity contribution in [2.45, 2.75) is 19.4 Å². The lowest BCUT2D eigenvalue weighted by molar-refractivity contribution is -0.125. The number of pyridine rings is 1. The summed E-state index contributed by atoms with van der Waals surface area (Å²) < 4.78 is 0. The highest BCUT2D eigenvalue weighted by atomic mass is 16.2. The third-order valence-corrected chi connectivity index (χ3v) is 4.50. The van der Waals surface area contributed by atoms with Gasteiger partial charge in [-0.2, -0.15) is 0 Å². The van der Waals surface area contributed by atoms with Crippen LogP contribution in [0, 0.1) is 5.92 Å². The predicted molar refractivity (Wildman–Crippen MR) is 92.3 cm³/mol. The highest BCUT2D eigenvalue weighted by Gasteiger charge is 2.27. The molecule has 1 atom stereocenters. The molecule has 1 aliphatic rings. The molecule has 2 heterocycles. The van der Waals surface area contributed by atoms with Gasteiger partial charge in [0.05, 0.1) is 11.4 Å². The molecular formula is C18H22N4O2. The van der Waals surface area contributed by atoms with Gasteiger partial charge in [-0.25, -0.2) is 4.79 Å². The van der Waals surface area contributed by atoms with Crippen molar-refractivity contribution in [1.82, 2.24) is 20.5 Å². The van der Waals surface area contributed by atoms with Crippen molar-refractivity contribution in [3.8, 4) is 0 Å². The van der Waals surface area contributed by atoms with Gasteiger partial charge in [-0.1, -0.05) is 18.2 Å². The van der Waals surface area contributed by atoms with Gasteiger partial charge in [0.25, 0.3) is 0 Å². The minimum atomic E-state index is -0.121. The Hall–Kier alpha value is -2.63. The lowest BCUT2D eigenvalue weighted by Gasteiger charge is -2.31. The summed E-state index contributed by atoms with van der Waals surface area (Å²) in [6, 6.07) is 9.68. The fourth-order valence-electron chi connectivity index (χ4n) is 3.17. The van der Waals surface area contributed by atoms with Crippen LogP contribution in [0.5, 0.6) is 0 Å². The fourth-order valence-corrected chi connectivity index (χ4v) is 3.17. The fraction of sp³-hybridized carbons (Fsp3) is 0.389. The van der Waals surface area contributed by atoms with E-state index in [9.17, 15) is 9.59 Å². The second kappa shape index (κ2) is 7.29. The van der Waals surface area contributed by atoms with Gasteiger partial charge in [0.2, 0.25) is 5.91 Å². The summed E-state index contributed by atoms with van der Waals surface area (Å²) in [5, 5.41) is 6.68. The molecule has 1 aliphatic heterocycles. The quantitative estimate of drug-likeness (QED) is 0.905. The average Bonchev–Trinajstić information content (AvgIpc) is 2.65. The highest BCUT2D eigenvalue weighted by molar-refractivity contribution is 5.83. The van der Waals surface area contributed by atoms with Crippen LogP contribution in [0.15, 0.2) is 36.5 Å². The average molecular weight is 326 g/mol. The normalized spacial score (nSPS) is 17.5. The largest absolute Gasteiger partial charge is 0.359 e. The maximum atomic E-state index is 12.4. The number of urea groups is 1. The molecule has 1 saturated heterocycles. The Morgan fingerprint density at radius 3 is 2.96 bits per heavy atom. The Morgan fingerprint density at radius 2 is 2.12 bits per heavy atom. The Morgan fingerprint density at radius 1 is 1.29 bits per heavy atom. The van der Waals surface area contributed by atoms with E-state index < -0.39 is 0 Å². The van der Waals surface area contributed by atoms with Crippen molar-refractivity contribution in [3.05, 3.63) is 42.1 Å². The molecule has 1 aromatic heterocycles. The molecule has 3 amide bonds. The van der Waals surface area contributed by atoms with Crippen LogP contribution in [0.25, 0.3) is 10.9 Å². The van der Waals surface area contributed by atoms with Crippen LogP contribution in [-0.2, 0) is 11.3 Å². The van der Waals surface area contributed by atoms with Crippen molar-refractivity contribution in [1.29, 1.82) is 0 Å². The summed E-state index contributed by atoms with van der Waals surface area (Å²) in [6.07, 6.45) is 3.44. The van der Waals surface area contributed by atoms with Crippen LogP contribution in [0.3, 0.4) is 0 Å². The molecule has 24 heavy (non-hydrogen) atoms. The van der Waals surface area contributed by atoms with Gasteiger partial charge >= 0.3 is 6.03 Å². The standard InChI is InChI=1S/C18H22N4O2/c1-19-17(23)14-5-4-10-22(12-14)18(24)21-11-13-8-9-20-16-7-3-2-6-15(13)16/h2-3,6-9,14H,4-5,10-12H2,1H3,(H,19,23)(H,21,24)/t14-/m0/s1. The molecule has 0 spiro atoms. The third kappa shape index (κ3) is 3.48.